The Labute approximate surface area is 111 Å². The molecule has 0 spiro atoms. The summed E-state index contributed by atoms with van der Waals surface area (Å²) in [4.78, 5) is 2.13. The summed E-state index contributed by atoms with van der Waals surface area (Å²) in [6, 6.07) is 9.27. The molecule has 2 atom stereocenters. The van der Waals surface area contributed by atoms with E-state index < -0.39 is 0 Å². The fraction of sp³-hybridized carbons (Fsp3) is 0.625. The molecule has 1 fully saturated rings. The molecule has 1 N–H and O–H groups in total. The number of rotatable bonds is 5. The smallest absolute Gasteiger partial charge is 0.0361 e. The number of nitrogens with zero attached hydrogens (tertiary/aromatic N) is 1. The second-order valence-corrected chi connectivity index (χ2v) is 6.51. The second-order valence-electron chi connectivity index (χ2n) is 6.51. The van der Waals surface area contributed by atoms with Gasteiger partial charge in [-0.3, -0.25) is 0 Å². The summed E-state index contributed by atoms with van der Waals surface area (Å²) in [5.41, 5.74) is 3.20. The first-order chi connectivity index (χ1) is 8.40. The average Bonchev–Trinajstić information content (AvgIpc) is 2.94. The quantitative estimate of drug-likeness (QED) is 0.856. The Morgan fingerprint density at radius 2 is 1.83 bits per heavy atom. The lowest BCUT2D eigenvalue weighted by molar-refractivity contribution is 0.485. The van der Waals surface area contributed by atoms with E-state index in [9.17, 15) is 0 Å². The molecule has 0 bridgehead atoms. The third-order valence-corrected chi connectivity index (χ3v) is 4.30. The van der Waals surface area contributed by atoms with Gasteiger partial charge < -0.3 is 10.2 Å². The molecular formula is C16H26N2. The van der Waals surface area contributed by atoms with Gasteiger partial charge >= 0.3 is 0 Å². The Balaban J connectivity index is 1.87. The van der Waals surface area contributed by atoms with E-state index in [1.54, 1.807) is 0 Å². The molecule has 100 valence electrons. The van der Waals surface area contributed by atoms with Crippen LogP contribution in [0, 0.1) is 11.3 Å². The van der Waals surface area contributed by atoms with Crippen molar-refractivity contribution in [3.63, 3.8) is 0 Å². The maximum atomic E-state index is 3.65. The molecule has 1 aromatic rings. The standard InChI is InChI=1S/C16H26N2/c1-12(17-11-14-10-16(14,2)3)13-6-8-15(9-7-13)18(4)5/h6-9,12,14,17H,10-11H2,1-5H3. The molecule has 0 aromatic heterocycles. The van der Waals surface area contributed by atoms with Crippen molar-refractivity contribution < 1.29 is 0 Å². The van der Waals surface area contributed by atoms with Crippen LogP contribution in [0.5, 0.6) is 0 Å². The van der Waals surface area contributed by atoms with E-state index in [4.69, 9.17) is 0 Å². The van der Waals surface area contributed by atoms with Gasteiger partial charge in [-0.25, -0.2) is 0 Å². The molecule has 1 aliphatic carbocycles. The lowest BCUT2D eigenvalue weighted by Gasteiger charge is -2.17. The van der Waals surface area contributed by atoms with Crippen LogP contribution in [0.15, 0.2) is 24.3 Å². The summed E-state index contributed by atoms with van der Waals surface area (Å²) in [6.07, 6.45) is 1.37. The summed E-state index contributed by atoms with van der Waals surface area (Å²) in [7, 11) is 4.15. The van der Waals surface area contributed by atoms with Gasteiger partial charge in [0.05, 0.1) is 0 Å². The minimum Gasteiger partial charge on any atom is -0.378 e. The first-order valence-corrected chi connectivity index (χ1v) is 6.91. The highest BCUT2D eigenvalue weighted by Gasteiger charge is 2.44. The first kappa shape index (κ1) is 13.4. The lowest BCUT2D eigenvalue weighted by atomic mass is 10.1. The Hall–Kier alpha value is -1.02. The van der Waals surface area contributed by atoms with Crippen molar-refractivity contribution in [2.75, 3.05) is 25.5 Å². The van der Waals surface area contributed by atoms with Crippen LogP contribution in [-0.4, -0.2) is 20.6 Å². The van der Waals surface area contributed by atoms with Crippen LogP contribution in [0.2, 0.25) is 0 Å². The van der Waals surface area contributed by atoms with E-state index in [1.807, 2.05) is 0 Å². The highest BCUT2D eigenvalue weighted by molar-refractivity contribution is 5.46. The fourth-order valence-electron chi connectivity index (χ4n) is 2.42. The minimum atomic E-state index is 0.442. The monoisotopic (exact) mass is 246 g/mol. The van der Waals surface area contributed by atoms with Crippen LogP contribution in [0.3, 0.4) is 0 Å². The largest absolute Gasteiger partial charge is 0.378 e. The summed E-state index contributed by atoms with van der Waals surface area (Å²) in [5, 5.41) is 3.65. The summed E-state index contributed by atoms with van der Waals surface area (Å²) < 4.78 is 0. The van der Waals surface area contributed by atoms with Gasteiger partial charge in [0.2, 0.25) is 0 Å². The molecule has 1 saturated carbocycles. The van der Waals surface area contributed by atoms with E-state index in [-0.39, 0.29) is 0 Å². The number of anilines is 1. The first-order valence-electron chi connectivity index (χ1n) is 6.91. The Kier molecular flexibility index (Phi) is 3.67. The number of nitrogens with one attached hydrogen (secondary N) is 1. The van der Waals surface area contributed by atoms with Crippen LogP contribution < -0.4 is 10.2 Å². The van der Waals surface area contributed by atoms with Crippen molar-refractivity contribution in [1.29, 1.82) is 0 Å². The van der Waals surface area contributed by atoms with Crippen molar-refractivity contribution in [2.45, 2.75) is 33.2 Å². The maximum Gasteiger partial charge on any atom is 0.0361 e. The van der Waals surface area contributed by atoms with Crippen LogP contribution in [0.25, 0.3) is 0 Å². The van der Waals surface area contributed by atoms with Crippen molar-refractivity contribution in [3.8, 4) is 0 Å². The molecule has 18 heavy (non-hydrogen) atoms. The second kappa shape index (κ2) is 4.93. The summed E-state index contributed by atoms with van der Waals surface area (Å²) in [6.45, 7) is 8.11. The van der Waals surface area contributed by atoms with Crippen LogP contribution in [-0.2, 0) is 0 Å². The van der Waals surface area contributed by atoms with Gasteiger partial charge in [0.1, 0.15) is 0 Å². The fourth-order valence-corrected chi connectivity index (χ4v) is 2.42. The number of hydrogen-bond donors (Lipinski definition) is 1. The van der Waals surface area contributed by atoms with Gasteiger partial charge in [-0.15, -0.1) is 0 Å². The molecule has 1 aromatic carbocycles. The van der Waals surface area contributed by atoms with E-state index in [0.717, 1.165) is 12.5 Å². The topological polar surface area (TPSA) is 15.3 Å². The molecule has 0 amide bonds. The van der Waals surface area contributed by atoms with E-state index in [0.29, 0.717) is 11.5 Å². The van der Waals surface area contributed by atoms with Crippen LogP contribution >= 0.6 is 0 Å². The maximum absolute atomic E-state index is 3.65. The molecule has 0 saturated heterocycles. The Bertz CT molecular complexity index is 392. The molecule has 0 aliphatic heterocycles. The average molecular weight is 246 g/mol. The normalized spacial score (nSPS) is 22.6. The third-order valence-electron chi connectivity index (χ3n) is 4.30. The van der Waals surface area contributed by atoms with Gasteiger partial charge in [-0.05, 0) is 48.9 Å². The highest BCUT2D eigenvalue weighted by atomic mass is 15.1. The SMILES string of the molecule is CC(NCC1CC1(C)C)c1ccc(N(C)C)cc1. The van der Waals surface area contributed by atoms with Crippen molar-refractivity contribution in [2.24, 2.45) is 11.3 Å². The van der Waals surface area contributed by atoms with E-state index in [1.165, 1.54) is 17.7 Å². The third kappa shape index (κ3) is 3.05. The molecule has 0 radical (unpaired) electrons. The van der Waals surface area contributed by atoms with Gasteiger partial charge in [0.15, 0.2) is 0 Å². The van der Waals surface area contributed by atoms with Crippen LogP contribution in [0.4, 0.5) is 5.69 Å². The summed E-state index contributed by atoms with van der Waals surface area (Å²) >= 11 is 0. The molecule has 1 aliphatic rings. The van der Waals surface area contributed by atoms with Gasteiger partial charge in [0.25, 0.3) is 0 Å². The van der Waals surface area contributed by atoms with Gasteiger partial charge in [-0.1, -0.05) is 26.0 Å². The van der Waals surface area contributed by atoms with Crippen molar-refractivity contribution >= 4 is 5.69 Å². The molecular weight excluding hydrogens is 220 g/mol. The zero-order chi connectivity index (χ0) is 13.3. The van der Waals surface area contributed by atoms with E-state index in [2.05, 4.69) is 69.3 Å². The van der Waals surface area contributed by atoms with Gasteiger partial charge in [-0.2, -0.15) is 0 Å². The van der Waals surface area contributed by atoms with E-state index >= 15 is 0 Å². The molecule has 2 nitrogen and oxygen atoms in total. The van der Waals surface area contributed by atoms with Crippen molar-refractivity contribution in [1.82, 2.24) is 5.32 Å². The van der Waals surface area contributed by atoms with Crippen molar-refractivity contribution in [3.05, 3.63) is 29.8 Å². The Morgan fingerprint density at radius 1 is 1.28 bits per heavy atom. The number of hydrogen-bond acceptors (Lipinski definition) is 2. The van der Waals surface area contributed by atoms with Gasteiger partial charge in [0, 0.05) is 25.8 Å². The zero-order valence-corrected chi connectivity index (χ0v) is 12.3. The molecule has 2 rings (SSSR count). The number of benzene rings is 1. The van der Waals surface area contributed by atoms with Crippen LogP contribution in [0.1, 0.15) is 38.8 Å². The predicted molar refractivity (Wildman–Crippen MR) is 79.1 cm³/mol. The highest BCUT2D eigenvalue weighted by Crippen LogP contribution is 2.51. The Morgan fingerprint density at radius 3 is 2.28 bits per heavy atom. The molecule has 0 heterocycles. The summed E-state index contributed by atoms with van der Waals surface area (Å²) in [5.74, 6) is 0.862. The molecule has 2 unspecified atom stereocenters. The minimum absolute atomic E-state index is 0.442. The zero-order valence-electron chi connectivity index (χ0n) is 12.3. The predicted octanol–water partition coefficient (Wildman–Crippen LogP) is 3.45. The molecule has 2 heteroatoms. The lowest BCUT2D eigenvalue weighted by Crippen LogP contribution is -2.22.